The van der Waals surface area contributed by atoms with Gasteiger partial charge in [0.25, 0.3) is 0 Å². The molecule has 0 amide bonds. The summed E-state index contributed by atoms with van der Waals surface area (Å²) in [4.78, 5) is 2.42. The molecule has 0 saturated heterocycles. The van der Waals surface area contributed by atoms with Crippen LogP contribution in [-0.4, -0.2) is 13.6 Å². The third-order valence-electron chi connectivity index (χ3n) is 3.96. The predicted molar refractivity (Wildman–Crippen MR) is 82.1 cm³/mol. The lowest BCUT2D eigenvalue weighted by Crippen LogP contribution is -2.25. The van der Waals surface area contributed by atoms with Crippen LogP contribution < -0.4 is 4.90 Å². The minimum absolute atomic E-state index is 0.215. The summed E-state index contributed by atoms with van der Waals surface area (Å²) in [6.07, 6.45) is 2.52. The predicted octanol–water partition coefficient (Wildman–Crippen LogP) is 4.58. The first-order valence-corrected chi connectivity index (χ1v) is 7.61. The maximum Gasteiger partial charge on any atom is 0.0413 e. The second-order valence-corrected chi connectivity index (χ2v) is 7.28. The average molecular weight is 259 g/mol. The Labute approximate surface area is 113 Å². The quantitative estimate of drug-likeness (QED) is 0.669. The Kier molecular flexibility index (Phi) is 2.67. The van der Waals surface area contributed by atoms with E-state index in [0.29, 0.717) is 0 Å². The third-order valence-corrected chi connectivity index (χ3v) is 4.93. The zero-order valence-electron chi connectivity index (χ0n) is 11.7. The molecule has 0 N–H and O–H groups in total. The first-order chi connectivity index (χ1) is 8.48. The van der Waals surface area contributed by atoms with Crippen LogP contribution in [0.15, 0.2) is 17.5 Å². The van der Waals surface area contributed by atoms with Gasteiger partial charge in [0.1, 0.15) is 0 Å². The van der Waals surface area contributed by atoms with Gasteiger partial charge in [-0.1, -0.05) is 20.8 Å². The number of thiophene rings is 1. The van der Waals surface area contributed by atoms with Gasteiger partial charge in [0.15, 0.2) is 0 Å². The average Bonchev–Trinajstić information content (AvgIpc) is 2.76. The van der Waals surface area contributed by atoms with Crippen LogP contribution in [0.4, 0.5) is 5.69 Å². The van der Waals surface area contributed by atoms with Gasteiger partial charge in [0.05, 0.1) is 0 Å². The molecule has 1 aliphatic heterocycles. The number of anilines is 1. The van der Waals surface area contributed by atoms with Crippen molar-refractivity contribution in [3.63, 3.8) is 0 Å². The van der Waals surface area contributed by atoms with Crippen molar-refractivity contribution in [1.82, 2.24) is 0 Å². The SMILES string of the molecule is CN1CCCc2c1cc(C(C)(C)C)c1ccsc21. The summed E-state index contributed by atoms with van der Waals surface area (Å²) in [5, 5.41) is 3.72. The van der Waals surface area contributed by atoms with Crippen molar-refractivity contribution >= 4 is 27.1 Å². The Morgan fingerprint density at radius 2 is 2.06 bits per heavy atom. The van der Waals surface area contributed by atoms with Crippen molar-refractivity contribution in [3.05, 3.63) is 28.6 Å². The molecule has 0 unspecified atom stereocenters. The number of rotatable bonds is 0. The highest BCUT2D eigenvalue weighted by atomic mass is 32.1. The van der Waals surface area contributed by atoms with Crippen LogP contribution in [0.5, 0.6) is 0 Å². The minimum atomic E-state index is 0.215. The number of nitrogens with zero attached hydrogens (tertiary/aromatic N) is 1. The Morgan fingerprint density at radius 1 is 1.28 bits per heavy atom. The molecule has 96 valence electrons. The molecule has 2 heterocycles. The Bertz CT molecular complexity index is 589. The van der Waals surface area contributed by atoms with Gasteiger partial charge in [-0.25, -0.2) is 0 Å². The lowest BCUT2D eigenvalue weighted by Gasteiger charge is -2.31. The van der Waals surface area contributed by atoms with Gasteiger partial charge in [-0.3, -0.25) is 0 Å². The van der Waals surface area contributed by atoms with E-state index in [0.717, 1.165) is 0 Å². The third kappa shape index (κ3) is 1.74. The number of aryl methyl sites for hydroxylation is 1. The summed E-state index contributed by atoms with van der Waals surface area (Å²) in [5.74, 6) is 0. The van der Waals surface area contributed by atoms with E-state index in [4.69, 9.17) is 0 Å². The fourth-order valence-electron chi connectivity index (χ4n) is 2.99. The van der Waals surface area contributed by atoms with E-state index in [1.54, 1.807) is 5.56 Å². The van der Waals surface area contributed by atoms with Gasteiger partial charge in [-0.2, -0.15) is 0 Å². The van der Waals surface area contributed by atoms with Crippen LogP contribution in [0.1, 0.15) is 38.3 Å². The second-order valence-electron chi connectivity index (χ2n) is 6.36. The molecule has 0 spiro atoms. The summed E-state index contributed by atoms with van der Waals surface area (Å²) in [7, 11) is 2.23. The molecule has 0 aliphatic carbocycles. The normalized spacial score (nSPS) is 16.1. The molecule has 0 radical (unpaired) electrons. The van der Waals surface area contributed by atoms with Gasteiger partial charge in [0, 0.05) is 24.0 Å². The maximum atomic E-state index is 2.43. The Balaban J connectivity index is 2.35. The summed E-state index contributed by atoms with van der Waals surface area (Å²) >= 11 is 1.91. The molecule has 1 nitrogen and oxygen atoms in total. The second kappa shape index (κ2) is 3.99. The monoisotopic (exact) mass is 259 g/mol. The van der Waals surface area contributed by atoms with Crippen molar-refractivity contribution in [2.75, 3.05) is 18.5 Å². The molecule has 1 aromatic heterocycles. The Morgan fingerprint density at radius 3 is 2.78 bits per heavy atom. The first kappa shape index (κ1) is 12.0. The topological polar surface area (TPSA) is 3.24 Å². The van der Waals surface area contributed by atoms with Crippen LogP contribution in [0.25, 0.3) is 10.1 Å². The molecule has 18 heavy (non-hydrogen) atoms. The van der Waals surface area contributed by atoms with E-state index in [1.165, 1.54) is 40.7 Å². The first-order valence-electron chi connectivity index (χ1n) is 6.73. The summed E-state index contributed by atoms with van der Waals surface area (Å²) in [6.45, 7) is 8.13. The van der Waals surface area contributed by atoms with E-state index in [9.17, 15) is 0 Å². The van der Waals surface area contributed by atoms with Crippen LogP contribution in [-0.2, 0) is 11.8 Å². The largest absolute Gasteiger partial charge is 0.374 e. The summed E-state index contributed by atoms with van der Waals surface area (Å²) < 4.78 is 1.52. The molecule has 1 aliphatic rings. The molecule has 3 rings (SSSR count). The summed E-state index contributed by atoms with van der Waals surface area (Å²) in [5.41, 5.74) is 4.74. The molecule has 1 aromatic carbocycles. The minimum Gasteiger partial charge on any atom is -0.374 e. The maximum absolute atomic E-state index is 2.43. The zero-order chi connectivity index (χ0) is 12.9. The van der Waals surface area contributed by atoms with Gasteiger partial charge < -0.3 is 4.90 Å². The molecular weight excluding hydrogens is 238 g/mol. The molecule has 0 atom stereocenters. The van der Waals surface area contributed by atoms with Crippen molar-refractivity contribution in [2.45, 2.75) is 39.0 Å². The lowest BCUT2D eigenvalue weighted by molar-refractivity contribution is 0.595. The van der Waals surface area contributed by atoms with E-state index < -0.39 is 0 Å². The van der Waals surface area contributed by atoms with Crippen molar-refractivity contribution in [2.24, 2.45) is 0 Å². The fourth-order valence-corrected chi connectivity index (χ4v) is 3.98. The van der Waals surface area contributed by atoms with E-state index in [1.807, 2.05) is 11.3 Å². The number of hydrogen-bond donors (Lipinski definition) is 0. The van der Waals surface area contributed by atoms with Crippen LogP contribution in [0.3, 0.4) is 0 Å². The standard InChI is InChI=1S/C16H21NS/c1-16(2,3)13-10-14-12(6-5-8-17(14)4)15-11(13)7-9-18-15/h7,9-10H,5-6,8H2,1-4H3. The van der Waals surface area contributed by atoms with Crippen molar-refractivity contribution in [3.8, 4) is 0 Å². The van der Waals surface area contributed by atoms with Crippen LogP contribution in [0.2, 0.25) is 0 Å². The highest BCUT2D eigenvalue weighted by Gasteiger charge is 2.24. The van der Waals surface area contributed by atoms with Crippen LogP contribution in [0, 0.1) is 0 Å². The van der Waals surface area contributed by atoms with Gasteiger partial charge in [0.2, 0.25) is 0 Å². The highest BCUT2D eigenvalue weighted by Crippen LogP contribution is 2.41. The summed E-state index contributed by atoms with van der Waals surface area (Å²) in [6, 6.07) is 4.74. The highest BCUT2D eigenvalue weighted by molar-refractivity contribution is 7.17. The van der Waals surface area contributed by atoms with E-state index in [-0.39, 0.29) is 5.41 Å². The molecule has 0 bridgehead atoms. The van der Waals surface area contributed by atoms with E-state index >= 15 is 0 Å². The zero-order valence-corrected chi connectivity index (χ0v) is 12.5. The van der Waals surface area contributed by atoms with E-state index in [2.05, 4.69) is 50.2 Å². The lowest BCUT2D eigenvalue weighted by atomic mass is 9.83. The molecule has 2 heteroatoms. The molecule has 2 aromatic rings. The molecular formula is C16H21NS. The number of benzene rings is 1. The smallest absolute Gasteiger partial charge is 0.0413 e. The van der Waals surface area contributed by atoms with Gasteiger partial charge in [-0.15, -0.1) is 11.3 Å². The van der Waals surface area contributed by atoms with Gasteiger partial charge in [-0.05, 0) is 52.3 Å². The fraction of sp³-hybridized carbons (Fsp3) is 0.500. The van der Waals surface area contributed by atoms with Crippen molar-refractivity contribution < 1.29 is 0 Å². The molecule has 0 saturated carbocycles. The molecule has 0 fully saturated rings. The van der Waals surface area contributed by atoms with Crippen LogP contribution >= 0.6 is 11.3 Å². The van der Waals surface area contributed by atoms with Crippen molar-refractivity contribution in [1.29, 1.82) is 0 Å². The number of fused-ring (bicyclic) bond motifs is 3. The Hall–Kier alpha value is -1.02. The van der Waals surface area contributed by atoms with Gasteiger partial charge >= 0.3 is 0 Å². The number of hydrogen-bond acceptors (Lipinski definition) is 2.